The van der Waals surface area contributed by atoms with Crippen molar-refractivity contribution in [1.29, 1.82) is 0 Å². The maximum atomic E-state index is 12.4. The average molecular weight is 389 g/mol. The van der Waals surface area contributed by atoms with Gasteiger partial charge in [0.2, 0.25) is 0 Å². The van der Waals surface area contributed by atoms with E-state index in [1.165, 1.54) is 12.1 Å². The van der Waals surface area contributed by atoms with Crippen LogP contribution in [0.15, 0.2) is 78.9 Å². The van der Waals surface area contributed by atoms with Crippen LogP contribution in [0.2, 0.25) is 0 Å². The summed E-state index contributed by atoms with van der Waals surface area (Å²) in [6.07, 6.45) is 0. The molecule has 0 heterocycles. The van der Waals surface area contributed by atoms with Crippen molar-refractivity contribution in [2.24, 2.45) is 0 Å². The molecule has 0 unspecified atom stereocenters. The van der Waals surface area contributed by atoms with Crippen LogP contribution in [0.25, 0.3) is 0 Å². The van der Waals surface area contributed by atoms with Gasteiger partial charge in [-0.3, -0.25) is 19.7 Å². The Balaban J connectivity index is 1.48. The van der Waals surface area contributed by atoms with Crippen LogP contribution in [0.4, 0.5) is 11.4 Å². The predicted octanol–water partition coefficient (Wildman–Crippen LogP) is 3.67. The van der Waals surface area contributed by atoms with Crippen LogP contribution < -0.4 is 10.6 Å². The van der Waals surface area contributed by atoms with E-state index in [0.717, 1.165) is 5.69 Å². The lowest BCUT2D eigenvalue weighted by atomic mass is 10.0. The summed E-state index contributed by atoms with van der Waals surface area (Å²) >= 11 is 0. The Kier molecular flexibility index (Phi) is 6.32. The second kappa shape index (κ2) is 9.27. The van der Waals surface area contributed by atoms with Gasteiger partial charge in [0.15, 0.2) is 5.78 Å². The zero-order valence-electron chi connectivity index (χ0n) is 15.5. The van der Waals surface area contributed by atoms with Gasteiger partial charge >= 0.3 is 0 Å². The molecule has 0 bridgehead atoms. The number of carbonyl (C=O) groups is 2. The molecule has 3 rings (SSSR count). The maximum absolute atomic E-state index is 12.4. The Morgan fingerprint density at radius 1 is 0.759 bits per heavy atom. The van der Waals surface area contributed by atoms with Crippen molar-refractivity contribution < 1.29 is 14.5 Å². The van der Waals surface area contributed by atoms with Gasteiger partial charge in [0.25, 0.3) is 11.6 Å². The Bertz CT molecular complexity index is 1000. The van der Waals surface area contributed by atoms with E-state index in [1.54, 1.807) is 60.7 Å². The number of hydrogen-bond donors (Lipinski definition) is 2. The standard InChI is InChI=1S/C22H19N3O4/c26-21(16-4-2-1-3-5-16)17-6-8-18(9-7-17)22(27)24-15-14-23-19-10-12-20(13-11-19)25(28)29/h1-13,23H,14-15H2,(H,24,27). The number of non-ortho nitro benzene ring substituents is 1. The lowest BCUT2D eigenvalue weighted by Gasteiger charge is -2.08. The fraction of sp³-hybridized carbons (Fsp3) is 0.0909. The number of nitro benzene ring substituents is 1. The van der Waals surface area contributed by atoms with Crippen molar-refractivity contribution in [2.45, 2.75) is 0 Å². The summed E-state index contributed by atoms with van der Waals surface area (Å²) in [5.41, 5.74) is 2.34. The normalized spacial score (nSPS) is 10.2. The van der Waals surface area contributed by atoms with Gasteiger partial charge in [-0.1, -0.05) is 42.5 Å². The minimum absolute atomic E-state index is 0.0260. The largest absolute Gasteiger partial charge is 0.383 e. The summed E-state index contributed by atoms with van der Waals surface area (Å²) in [5.74, 6) is -0.334. The third kappa shape index (κ3) is 5.26. The molecule has 0 radical (unpaired) electrons. The third-order valence-electron chi connectivity index (χ3n) is 4.26. The van der Waals surface area contributed by atoms with Gasteiger partial charge in [-0.05, 0) is 24.3 Å². The molecule has 0 aromatic heterocycles. The number of anilines is 1. The van der Waals surface area contributed by atoms with Gasteiger partial charge in [0.05, 0.1) is 4.92 Å². The number of benzene rings is 3. The smallest absolute Gasteiger partial charge is 0.269 e. The number of nitrogens with zero attached hydrogens (tertiary/aromatic N) is 1. The van der Waals surface area contributed by atoms with Crippen LogP contribution in [0.5, 0.6) is 0 Å². The van der Waals surface area contributed by atoms with E-state index in [4.69, 9.17) is 0 Å². The number of amides is 1. The molecule has 3 aromatic rings. The molecule has 0 spiro atoms. The Hall–Kier alpha value is -4.00. The highest BCUT2D eigenvalue weighted by Gasteiger charge is 2.10. The minimum atomic E-state index is -0.456. The molecule has 0 atom stereocenters. The van der Waals surface area contributed by atoms with Gasteiger partial charge in [0, 0.05) is 47.6 Å². The third-order valence-corrected chi connectivity index (χ3v) is 4.26. The van der Waals surface area contributed by atoms with Crippen LogP contribution in [0.3, 0.4) is 0 Å². The van der Waals surface area contributed by atoms with Crippen molar-refractivity contribution in [1.82, 2.24) is 5.32 Å². The fourth-order valence-electron chi connectivity index (χ4n) is 2.72. The van der Waals surface area contributed by atoms with E-state index in [9.17, 15) is 19.7 Å². The molecule has 0 fully saturated rings. The molecule has 0 saturated carbocycles. The number of rotatable bonds is 8. The number of nitrogens with one attached hydrogen (secondary N) is 2. The van der Waals surface area contributed by atoms with Crippen LogP contribution in [-0.2, 0) is 0 Å². The second-order valence-electron chi connectivity index (χ2n) is 6.26. The first-order chi connectivity index (χ1) is 14.0. The molecule has 0 saturated heterocycles. The van der Waals surface area contributed by atoms with E-state index in [0.29, 0.717) is 29.8 Å². The molecular weight excluding hydrogens is 370 g/mol. The van der Waals surface area contributed by atoms with Gasteiger partial charge in [-0.25, -0.2) is 0 Å². The van der Waals surface area contributed by atoms with Crippen molar-refractivity contribution in [3.8, 4) is 0 Å². The van der Waals surface area contributed by atoms with Crippen molar-refractivity contribution in [3.63, 3.8) is 0 Å². The zero-order valence-corrected chi connectivity index (χ0v) is 15.5. The van der Waals surface area contributed by atoms with Crippen LogP contribution in [0, 0.1) is 10.1 Å². The van der Waals surface area contributed by atoms with Crippen molar-refractivity contribution in [2.75, 3.05) is 18.4 Å². The molecular formula is C22H19N3O4. The fourth-order valence-corrected chi connectivity index (χ4v) is 2.72. The van der Waals surface area contributed by atoms with E-state index in [1.807, 2.05) is 6.07 Å². The summed E-state index contributed by atoms with van der Waals surface area (Å²) in [7, 11) is 0. The SMILES string of the molecule is O=C(NCCNc1ccc([N+](=O)[O-])cc1)c1ccc(C(=O)c2ccccc2)cc1. The molecule has 146 valence electrons. The molecule has 29 heavy (non-hydrogen) atoms. The predicted molar refractivity (Wildman–Crippen MR) is 110 cm³/mol. The van der Waals surface area contributed by atoms with Crippen LogP contribution in [-0.4, -0.2) is 29.7 Å². The van der Waals surface area contributed by atoms with Crippen LogP contribution >= 0.6 is 0 Å². The van der Waals surface area contributed by atoms with Gasteiger partial charge in [-0.2, -0.15) is 0 Å². The average Bonchev–Trinajstić information content (AvgIpc) is 2.77. The summed E-state index contributed by atoms with van der Waals surface area (Å²) in [6.45, 7) is 0.842. The molecule has 3 aromatic carbocycles. The van der Waals surface area contributed by atoms with Crippen LogP contribution in [0.1, 0.15) is 26.3 Å². The zero-order chi connectivity index (χ0) is 20.6. The van der Waals surface area contributed by atoms with Crippen molar-refractivity contribution in [3.05, 3.63) is 106 Å². The molecule has 0 aliphatic rings. The minimum Gasteiger partial charge on any atom is -0.383 e. The molecule has 7 nitrogen and oxygen atoms in total. The quantitative estimate of drug-likeness (QED) is 0.265. The highest BCUT2D eigenvalue weighted by molar-refractivity contribution is 6.09. The Morgan fingerprint density at radius 2 is 1.34 bits per heavy atom. The number of hydrogen-bond acceptors (Lipinski definition) is 5. The lowest BCUT2D eigenvalue weighted by Crippen LogP contribution is -2.28. The molecule has 1 amide bonds. The summed E-state index contributed by atoms with van der Waals surface area (Å²) in [6, 6.07) is 21.5. The number of nitro groups is 1. The summed E-state index contributed by atoms with van der Waals surface area (Å²) in [5, 5.41) is 16.5. The van der Waals surface area contributed by atoms with Gasteiger partial charge in [-0.15, -0.1) is 0 Å². The lowest BCUT2D eigenvalue weighted by molar-refractivity contribution is -0.384. The van der Waals surface area contributed by atoms with E-state index in [2.05, 4.69) is 10.6 Å². The second-order valence-corrected chi connectivity index (χ2v) is 6.26. The maximum Gasteiger partial charge on any atom is 0.269 e. The summed E-state index contributed by atoms with van der Waals surface area (Å²) in [4.78, 5) is 34.8. The Morgan fingerprint density at radius 3 is 1.97 bits per heavy atom. The first-order valence-corrected chi connectivity index (χ1v) is 9.01. The summed E-state index contributed by atoms with van der Waals surface area (Å²) < 4.78 is 0. The molecule has 7 heteroatoms. The highest BCUT2D eigenvalue weighted by atomic mass is 16.6. The number of ketones is 1. The van der Waals surface area contributed by atoms with Gasteiger partial charge < -0.3 is 10.6 Å². The van der Waals surface area contributed by atoms with E-state index < -0.39 is 4.92 Å². The first kappa shape index (κ1) is 19.8. The topological polar surface area (TPSA) is 101 Å². The van der Waals surface area contributed by atoms with E-state index >= 15 is 0 Å². The Labute approximate surface area is 167 Å². The van der Waals surface area contributed by atoms with Gasteiger partial charge in [0.1, 0.15) is 0 Å². The molecule has 0 aliphatic heterocycles. The molecule has 0 aliphatic carbocycles. The molecule has 2 N–H and O–H groups in total. The highest BCUT2D eigenvalue weighted by Crippen LogP contribution is 2.15. The first-order valence-electron chi connectivity index (χ1n) is 9.01. The van der Waals surface area contributed by atoms with Crippen molar-refractivity contribution >= 4 is 23.1 Å². The monoisotopic (exact) mass is 389 g/mol. The van der Waals surface area contributed by atoms with E-state index in [-0.39, 0.29) is 17.4 Å². The number of carbonyl (C=O) groups excluding carboxylic acids is 2.